The van der Waals surface area contributed by atoms with Crippen molar-refractivity contribution in [2.24, 2.45) is 0 Å². The second-order valence-corrected chi connectivity index (χ2v) is 6.53. The van der Waals surface area contributed by atoms with Gasteiger partial charge in [0.05, 0.1) is 6.61 Å². The summed E-state index contributed by atoms with van der Waals surface area (Å²) in [5, 5.41) is 0. The van der Waals surface area contributed by atoms with E-state index in [9.17, 15) is 0 Å². The lowest BCUT2D eigenvalue weighted by Gasteiger charge is -2.24. The van der Waals surface area contributed by atoms with Gasteiger partial charge in [0.15, 0.2) is 0 Å². The van der Waals surface area contributed by atoms with Gasteiger partial charge in [-0.15, -0.1) is 0 Å². The molecule has 0 bridgehead atoms. The van der Waals surface area contributed by atoms with Gasteiger partial charge >= 0.3 is 0 Å². The number of ether oxygens (including phenoxy) is 2. The number of allylic oxidation sites excluding steroid dienone is 3. The minimum absolute atomic E-state index is 0.0116. The molecule has 2 heteroatoms. The molecule has 21 heavy (non-hydrogen) atoms. The molecule has 0 spiro atoms. The fourth-order valence-electron chi connectivity index (χ4n) is 2.45. The van der Waals surface area contributed by atoms with E-state index in [1.165, 1.54) is 16.7 Å². The van der Waals surface area contributed by atoms with E-state index in [4.69, 9.17) is 9.47 Å². The van der Waals surface area contributed by atoms with E-state index in [1.807, 2.05) is 0 Å². The number of hydrogen-bond acceptors (Lipinski definition) is 2. The molecule has 1 aromatic rings. The van der Waals surface area contributed by atoms with Crippen molar-refractivity contribution in [2.45, 2.75) is 45.6 Å². The van der Waals surface area contributed by atoms with Crippen LogP contribution in [-0.2, 0) is 10.2 Å². The fraction of sp³-hybridized carbons (Fsp3) is 0.474. The Bertz CT molecular complexity index is 536. The summed E-state index contributed by atoms with van der Waals surface area (Å²) in [5.74, 6) is 0.925. The molecule has 1 aliphatic heterocycles. The van der Waals surface area contributed by atoms with Crippen LogP contribution in [-0.4, -0.2) is 19.3 Å². The molecule has 1 aliphatic rings. The van der Waals surface area contributed by atoms with Crippen LogP contribution in [0.15, 0.2) is 42.5 Å². The average molecular weight is 286 g/mol. The van der Waals surface area contributed by atoms with Gasteiger partial charge in [0.2, 0.25) is 0 Å². The first kappa shape index (κ1) is 15.8. The van der Waals surface area contributed by atoms with Crippen molar-refractivity contribution < 1.29 is 9.47 Å². The largest absolute Gasteiger partial charge is 0.491 e. The Hall–Kier alpha value is -1.54. The number of hydrogen-bond donors (Lipinski definition) is 0. The lowest BCUT2D eigenvalue weighted by Crippen LogP contribution is -2.15. The zero-order valence-corrected chi connectivity index (χ0v) is 13.6. The monoisotopic (exact) mass is 286 g/mol. The van der Waals surface area contributed by atoms with Crippen LogP contribution in [0.2, 0.25) is 0 Å². The molecule has 0 aliphatic carbocycles. The van der Waals surface area contributed by atoms with Gasteiger partial charge in [0.1, 0.15) is 18.5 Å². The van der Waals surface area contributed by atoms with Gasteiger partial charge in [-0.25, -0.2) is 0 Å². The lowest BCUT2D eigenvalue weighted by molar-refractivity contribution is 0.263. The summed E-state index contributed by atoms with van der Waals surface area (Å²) in [4.78, 5) is 0. The molecule has 1 saturated heterocycles. The summed E-state index contributed by atoms with van der Waals surface area (Å²) >= 11 is 0. The molecule has 0 aromatic heterocycles. The smallest absolute Gasteiger partial charge is 0.119 e. The van der Waals surface area contributed by atoms with Crippen molar-refractivity contribution >= 4 is 0 Å². The second-order valence-electron chi connectivity index (χ2n) is 6.53. The number of benzene rings is 1. The van der Waals surface area contributed by atoms with E-state index in [0.29, 0.717) is 12.7 Å². The highest BCUT2D eigenvalue weighted by molar-refractivity contribution is 5.41. The molecule has 1 atom stereocenters. The quantitative estimate of drug-likeness (QED) is 0.541. The molecule has 1 aromatic carbocycles. The first-order valence-electron chi connectivity index (χ1n) is 7.56. The van der Waals surface area contributed by atoms with Crippen LogP contribution in [0.25, 0.3) is 0 Å². The fourth-order valence-corrected chi connectivity index (χ4v) is 2.45. The Morgan fingerprint density at radius 2 is 2.19 bits per heavy atom. The average Bonchev–Trinajstić information content (AvgIpc) is 3.19. The maximum Gasteiger partial charge on any atom is 0.119 e. The van der Waals surface area contributed by atoms with Crippen LogP contribution in [0, 0.1) is 6.92 Å². The van der Waals surface area contributed by atoms with Crippen LogP contribution >= 0.6 is 0 Å². The standard InChI is InChI=1S/C19H26O2/c1-14(2)7-6-10-19(4,5)18-9-8-16(11-15(18)3)20-12-17-13-21-17/h6,8-11,17H,1,7,12-13H2,2-5H3/b10-6-. The van der Waals surface area contributed by atoms with Crippen LogP contribution in [0.1, 0.15) is 38.3 Å². The highest BCUT2D eigenvalue weighted by Gasteiger charge is 2.23. The number of rotatable bonds is 7. The molecule has 1 heterocycles. The molecular formula is C19H26O2. The maximum atomic E-state index is 5.74. The van der Waals surface area contributed by atoms with Gasteiger partial charge in [-0.3, -0.25) is 0 Å². The molecule has 0 amide bonds. The number of epoxide rings is 1. The first-order chi connectivity index (χ1) is 9.88. The normalized spacial score (nSPS) is 18.0. The third-order valence-corrected chi connectivity index (χ3v) is 3.73. The van der Waals surface area contributed by atoms with Crippen molar-refractivity contribution in [3.05, 3.63) is 53.6 Å². The lowest BCUT2D eigenvalue weighted by atomic mass is 9.81. The summed E-state index contributed by atoms with van der Waals surface area (Å²) in [6, 6.07) is 6.34. The van der Waals surface area contributed by atoms with Gasteiger partial charge in [-0.1, -0.05) is 44.2 Å². The Morgan fingerprint density at radius 3 is 2.76 bits per heavy atom. The third kappa shape index (κ3) is 4.75. The molecule has 2 nitrogen and oxygen atoms in total. The minimum Gasteiger partial charge on any atom is -0.491 e. The third-order valence-electron chi connectivity index (χ3n) is 3.73. The number of aryl methyl sites for hydroxylation is 1. The van der Waals surface area contributed by atoms with Crippen molar-refractivity contribution in [1.29, 1.82) is 0 Å². The maximum absolute atomic E-state index is 5.74. The van der Waals surface area contributed by atoms with Crippen LogP contribution in [0.4, 0.5) is 0 Å². The highest BCUT2D eigenvalue weighted by Crippen LogP contribution is 2.30. The molecule has 0 saturated carbocycles. The van der Waals surface area contributed by atoms with Crippen molar-refractivity contribution in [1.82, 2.24) is 0 Å². The Labute approximate surface area is 128 Å². The molecule has 1 unspecified atom stereocenters. The Kier molecular flexibility index (Phi) is 4.89. The zero-order chi connectivity index (χ0) is 15.5. The molecule has 2 rings (SSSR count). The molecule has 114 valence electrons. The minimum atomic E-state index is 0.0116. The first-order valence-corrected chi connectivity index (χ1v) is 7.56. The van der Waals surface area contributed by atoms with Crippen LogP contribution in [0.5, 0.6) is 5.75 Å². The van der Waals surface area contributed by atoms with E-state index in [0.717, 1.165) is 18.8 Å². The van der Waals surface area contributed by atoms with Gasteiger partial charge in [0.25, 0.3) is 0 Å². The van der Waals surface area contributed by atoms with Gasteiger partial charge in [-0.05, 0) is 43.5 Å². The van der Waals surface area contributed by atoms with E-state index in [-0.39, 0.29) is 5.41 Å². The van der Waals surface area contributed by atoms with Crippen LogP contribution in [0.3, 0.4) is 0 Å². The van der Waals surface area contributed by atoms with Crippen LogP contribution < -0.4 is 4.74 Å². The summed E-state index contributed by atoms with van der Waals surface area (Å²) in [5.41, 5.74) is 3.78. The highest BCUT2D eigenvalue weighted by atomic mass is 16.6. The van der Waals surface area contributed by atoms with Gasteiger partial charge in [0, 0.05) is 5.41 Å². The SMILES string of the molecule is C=C(C)C/C=C\C(C)(C)c1ccc(OCC2CO2)cc1C. The molecule has 1 fully saturated rings. The predicted molar refractivity (Wildman–Crippen MR) is 88.0 cm³/mol. The molecule has 0 radical (unpaired) electrons. The van der Waals surface area contributed by atoms with Gasteiger partial charge < -0.3 is 9.47 Å². The summed E-state index contributed by atoms with van der Waals surface area (Å²) in [6.07, 6.45) is 5.70. The summed E-state index contributed by atoms with van der Waals surface area (Å²) < 4.78 is 10.9. The van der Waals surface area contributed by atoms with E-state index in [1.54, 1.807) is 0 Å². The Morgan fingerprint density at radius 1 is 1.48 bits per heavy atom. The van der Waals surface area contributed by atoms with E-state index in [2.05, 4.69) is 64.6 Å². The molecule has 0 N–H and O–H groups in total. The topological polar surface area (TPSA) is 21.8 Å². The van der Waals surface area contributed by atoms with E-state index >= 15 is 0 Å². The van der Waals surface area contributed by atoms with E-state index < -0.39 is 0 Å². The van der Waals surface area contributed by atoms with Crippen molar-refractivity contribution in [3.8, 4) is 5.75 Å². The second kappa shape index (κ2) is 6.48. The van der Waals surface area contributed by atoms with Gasteiger partial charge in [-0.2, -0.15) is 0 Å². The summed E-state index contributed by atoms with van der Waals surface area (Å²) in [7, 11) is 0. The zero-order valence-electron chi connectivity index (χ0n) is 13.6. The van der Waals surface area contributed by atoms with Crippen molar-refractivity contribution in [3.63, 3.8) is 0 Å². The predicted octanol–water partition coefficient (Wildman–Crippen LogP) is 4.57. The molecular weight excluding hydrogens is 260 g/mol. The Balaban J connectivity index is 2.06. The van der Waals surface area contributed by atoms with Crippen molar-refractivity contribution in [2.75, 3.05) is 13.2 Å². The summed E-state index contributed by atoms with van der Waals surface area (Å²) in [6.45, 7) is 14.1.